The lowest BCUT2D eigenvalue weighted by atomic mass is 9.95. The highest BCUT2D eigenvalue weighted by atomic mass is 32.1. The molecule has 0 unspecified atom stereocenters. The minimum Gasteiger partial charge on any atom is -0.453 e. The van der Waals surface area contributed by atoms with Crippen LogP contribution in [0.1, 0.15) is 69.6 Å². The van der Waals surface area contributed by atoms with Crippen LogP contribution < -0.4 is 10.6 Å². The maximum atomic E-state index is 13.6. The predicted molar refractivity (Wildman–Crippen MR) is 219 cm³/mol. The van der Waals surface area contributed by atoms with E-state index in [9.17, 15) is 19.2 Å². The first-order valence-electron chi connectivity index (χ1n) is 19.6. The number of carbonyl (C=O) groups excluding carboxylic acids is 4. The molecule has 9 rings (SSSR count). The second-order valence-corrected chi connectivity index (χ2v) is 16.6. The summed E-state index contributed by atoms with van der Waals surface area (Å²) in [5.41, 5.74) is 6.18. The van der Waals surface area contributed by atoms with Gasteiger partial charge < -0.3 is 39.9 Å². The normalized spacial score (nSPS) is 21.3. The molecule has 4 amide bonds. The summed E-state index contributed by atoms with van der Waals surface area (Å²) in [6.07, 6.45) is 5.27. The molecular formula is C43H45N7O6S. The minimum atomic E-state index is -0.705. The number of amides is 4. The van der Waals surface area contributed by atoms with Crippen molar-refractivity contribution in [3.05, 3.63) is 78.4 Å². The summed E-state index contributed by atoms with van der Waals surface area (Å²) in [5.74, 6) is 0.865. The van der Waals surface area contributed by atoms with E-state index in [2.05, 4.69) is 86.0 Å². The first-order valence-corrected chi connectivity index (χ1v) is 20.4. The third-order valence-electron chi connectivity index (χ3n) is 12.1. The SMILES string of the molecule is COC(=O)N[C@@H](C)C(=O)N1CCC[C@H]1c1ncc(-c2ccc3c(c2)sc2cc(-c4ccc5cc([C@@H]6[C@H]7CC[C@H](C7)N6C(=O)[C@H](C)NC(=O)OC)[nH]c5c4)ccc23)[nH]1. The molecule has 0 spiro atoms. The molecule has 4 N–H and O–H groups in total. The van der Waals surface area contributed by atoms with Crippen LogP contribution in [-0.4, -0.2) is 87.6 Å². The first-order chi connectivity index (χ1) is 27.6. The molecule has 14 heteroatoms. The van der Waals surface area contributed by atoms with Crippen molar-refractivity contribution in [3.63, 3.8) is 0 Å². The van der Waals surface area contributed by atoms with E-state index >= 15 is 0 Å². The van der Waals surface area contributed by atoms with Gasteiger partial charge in [-0.3, -0.25) is 9.59 Å². The average Bonchev–Trinajstić information content (AvgIpc) is 4.08. The van der Waals surface area contributed by atoms with Gasteiger partial charge in [0, 0.05) is 49.5 Å². The number of piperidine rings is 1. The quantitative estimate of drug-likeness (QED) is 0.122. The van der Waals surface area contributed by atoms with Crippen LogP contribution in [0.4, 0.5) is 9.59 Å². The van der Waals surface area contributed by atoms with Crippen LogP contribution in [0.3, 0.4) is 0 Å². The van der Waals surface area contributed by atoms with Crippen LogP contribution in [0, 0.1) is 5.92 Å². The van der Waals surface area contributed by atoms with E-state index in [-0.39, 0.29) is 29.9 Å². The zero-order chi connectivity index (χ0) is 39.5. The Kier molecular flexibility index (Phi) is 9.38. The van der Waals surface area contributed by atoms with Crippen molar-refractivity contribution < 1.29 is 28.7 Å². The third kappa shape index (κ3) is 6.55. The van der Waals surface area contributed by atoms with E-state index in [1.165, 1.54) is 34.4 Å². The van der Waals surface area contributed by atoms with E-state index in [0.29, 0.717) is 12.5 Å². The Morgan fingerprint density at radius 1 is 0.807 bits per heavy atom. The lowest BCUT2D eigenvalue weighted by Gasteiger charge is -2.36. The van der Waals surface area contributed by atoms with E-state index in [0.717, 1.165) is 76.9 Å². The minimum absolute atomic E-state index is 0.0607. The summed E-state index contributed by atoms with van der Waals surface area (Å²) in [6, 6.07) is 20.3. The van der Waals surface area contributed by atoms with Crippen molar-refractivity contribution >= 4 is 66.4 Å². The molecule has 6 aromatic rings. The monoisotopic (exact) mass is 787 g/mol. The molecule has 13 nitrogen and oxygen atoms in total. The number of H-pyrrole nitrogens is 2. The summed E-state index contributed by atoms with van der Waals surface area (Å²) in [4.78, 5) is 66.1. The molecule has 3 aromatic heterocycles. The number of alkyl carbamates (subject to hydrolysis) is 2. The van der Waals surface area contributed by atoms with E-state index in [1.807, 2.05) is 11.1 Å². The number of hydrogen-bond acceptors (Lipinski definition) is 8. The molecule has 5 heterocycles. The number of benzene rings is 3. The largest absolute Gasteiger partial charge is 0.453 e. The van der Waals surface area contributed by atoms with Crippen molar-refractivity contribution in [2.75, 3.05) is 20.8 Å². The molecule has 3 aromatic carbocycles. The Morgan fingerprint density at radius 3 is 2.21 bits per heavy atom. The van der Waals surface area contributed by atoms with Crippen LogP contribution >= 0.6 is 11.3 Å². The molecule has 1 saturated carbocycles. The van der Waals surface area contributed by atoms with Gasteiger partial charge in [-0.05, 0) is 92.6 Å². The standard InChI is InChI=1S/C43H45N7O6S/c1-22(45-42(53)55-3)40(51)49-15-5-6-35(49)39-44-21-34(48-39)27-11-14-31-30-13-10-25(19-36(30)57-37(31)20-27)24-7-8-26-18-33(47-32(26)17-24)38-28-9-12-29(16-28)50(38)41(52)23(2)46-43(54)56-4/h7-8,10-11,13-14,17-23,28-29,35,38,47H,5-6,9,12,15-16H2,1-4H3,(H,44,48)(H,45,53)(H,46,54)/t22-,23-,28-,29+,35-,38-/m0/s1. The molecule has 294 valence electrons. The van der Waals surface area contributed by atoms with E-state index < -0.39 is 24.3 Å². The van der Waals surface area contributed by atoms with Gasteiger partial charge in [0.25, 0.3) is 0 Å². The topological polar surface area (TPSA) is 162 Å². The Hall–Kier alpha value is -5.89. The Balaban J connectivity index is 0.947. The Labute approximate surface area is 333 Å². The van der Waals surface area contributed by atoms with Gasteiger partial charge in [0.15, 0.2) is 0 Å². The number of aromatic nitrogens is 3. The molecule has 2 aliphatic heterocycles. The fourth-order valence-electron chi connectivity index (χ4n) is 9.35. The fraction of sp³-hybridized carbons (Fsp3) is 0.372. The molecule has 2 bridgehead atoms. The summed E-state index contributed by atoms with van der Waals surface area (Å²) >= 11 is 1.76. The van der Waals surface area contributed by atoms with Gasteiger partial charge in [-0.15, -0.1) is 11.3 Å². The number of hydrogen-bond donors (Lipinski definition) is 4. The van der Waals surface area contributed by atoms with Crippen LogP contribution in [0.2, 0.25) is 0 Å². The van der Waals surface area contributed by atoms with Crippen molar-refractivity contribution in [2.45, 2.75) is 76.2 Å². The van der Waals surface area contributed by atoms with Gasteiger partial charge in [-0.25, -0.2) is 14.6 Å². The van der Waals surface area contributed by atoms with Gasteiger partial charge in [0.1, 0.15) is 17.9 Å². The molecule has 3 fully saturated rings. The number of nitrogens with zero attached hydrogens (tertiary/aromatic N) is 3. The highest BCUT2D eigenvalue weighted by Crippen LogP contribution is 2.51. The van der Waals surface area contributed by atoms with Gasteiger partial charge in [-0.2, -0.15) is 0 Å². The zero-order valence-electron chi connectivity index (χ0n) is 32.3. The van der Waals surface area contributed by atoms with E-state index in [4.69, 9.17) is 9.72 Å². The molecular weight excluding hydrogens is 743 g/mol. The first kappa shape index (κ1) is 36.7. The van der Waals surface area contributed by atoms with Crippen molar-refractivity contribution in [1.82, 2.24) is 35.4 Å². The van der Waals surface area contributed by atoms with Gasteiger partial charge >= 0.3 is 12.2 Å². The maximum Gasteiger partial charge on any atom is 0.407 e. The van der Waals surface area contributed by atoms with Crippen LogP contribution in [0.25, 0.3) is 53.5 Å². The molecule has 57 heavy (non-hydrogen) atoms. The number of ether oxygens (including phenoxy) is 2. The number of thiophene rings is 1. The van der Waals surface area contributed by atoms with Gasteiger partial charge in [-0.1, -0.05) is 36.4 Å². The van der Waals surface area contributed by atoms with E-state index in [1.54, 1.807) is 30.1 Å². The van der Waals surface area contributed by atoms with Crippen LogP contribution in [-0.2, 0) is 19.1 Å². The lowest BCUT2D eigenvalue weighted by molar-refractivity contribution is -0.137. The smallest absolute Gasteiger partial charge is 0.407 e. The second-order valence-electron chi connectivity index (χ2n) is 15.6. The zero-order valence-corrected chi connectivity index (χ0v) is 33.1. The number of rotatable bonds is 8. The second kappa shape index (κ2) is 14.6. The van der Waals surface area contributed by atoms with Crippen molar-refractivity contribution in [2.24, 2.45) is 5.92 Å². The molecule has 2 saturated heterocycles. The molecule has 3 aliphatic rings. The number of carbonyl (C=O) groups is 4. The molecule has 1 aliphatic carbocycles. The Bertz CT molecular complexity index is 2560. The highest BCUT2D eigenvalue weighted by Gasteiger charge is 2.50. The maximum absolute atomic E-state index is 13.6. The van der Waals surface area contributed by atoms with Gasteiger partial charge in [0.2, 0.25) is 11.8 Å². The number of imidazole rings is 1. The summed E-state index contributed by atoms with van der Waals surface area (Å²) in [6.45, 7) is 3.98. The highest BCUT2D eigenvalue weighted by molar-refractivity contribution is 7.25. The predicted octanol–water partition coefficient (Wildman–Crippen LogP) is 7.80. The summed E-state index contributed by atoms with van der Waals surface area (Å²) in [5, 5.41) is 8.72. The number of methoxy groups -OCH3 is 2. The van der Waals surface area contributed by atoms with Crippen molar-refractivity contribution in [1.29, 1.82) is 0 Å². The van der Waals surface area contributed by atoms with Crippen molar-refractivity contribution in [3.8, 4) is 22.4 Å². The van der Waals surface area contributed by atoms with Crippen LogP contribution in [0.5, 0.6) is 0 Å². The average molecular weight is 788 g/mol. The Morgan fingerprint density at radius 2 is 1.47 bits per heavy atom. The number of likely N-dealkylation sites (tertiary alicyclic amines) is 2. The molecule has 0 radical (unpaired) electrons. The summed E-state index contributed by atoms with van der Waals surface area (Å²) < 4.78 is 11.8. The third-order valence-corrected chi connectivity index (χ3v) is 13.3. The summed E-state index contributed by atoms with van der Waals surface area (Å²) in [7, 11) is 2.58. The number of fused-ring (bicyclic) bond motifs is 6. The van der Waals surface area contributed by atoms with Crippen LogP contribution in [0.15, 0.2) is 66.9 Å². The van der Waals surface area contributed by atoms with Gasteiger partial charge in [0.05, 0.1) is 38.2 Å². The number of aromatic amines is 2. The molecule has 6 atom stereocenters. The number of nitrogens with one attached hydrogen (secondary N) is 4. The lowest BCUT2D eigenvalue weighted by Crippen LogP contribution is -2.50. The fourth-order valence-corrected chi connectivity index (χ4v) is 10.5.